The smallest absolute Gasteiger partial charge is 0.166 e. The molecule has 0 saturated carbocycles. The van der Waals surface area contributed by atoms with Crippen LogP contribution in [-0.2, 0) is 16.0 Å². The maximum absolute atomic E-state index is 13.6. The predicted molar refractivity (Wildman–Crippen MR) is 61.7 cm³/mol. The number of ether oxygens (including phenoxy) is 1. The minimum Gasteiger partial charge on any atom is -0.370 e. The molecule has 17 heavy (non-hydrogen) atoms. The molecule has 0 aromatic heterocycles. The summed E-state index contributed by atoms with van der Waals surface area (Å²) in [6.07, 6.45) is 0.685. The quantitative estimate of drug-likeness (QED) is 0.803. The normalized spacial score (nSPS) is 19.6. The van der Waals surface area contributed by atoms with Crippen LogP contribution in [0.4, 0.5) is 8.78 Å². The first kappa shape index (κ1) is 12.6. The summed E-state index contributed by atoms with van der Waals surface area (Å²) in [6.45, 7) is 0.542. The lowest BCUT2D eigenvalue weighted by atomic mass is 10.0. The zero-order valence-electron chi connectivity index (χ0n) is 9.01. The van der Waals surface area contributed by atoms with Gasteiger partial charge in [0.05, 0.1) is 4.47 Å². The third-order valence-corrected chi connectivity index (χ3v) is 3.39. The summed E-state index contributed by atoms with van der Waals surface area (Å²) in [6, 6.07) is 2.43. The number of ketones is 1. The van der Waals surface area contributed by atoms with Gasteiger partial charge in [-0.25, -0.2) is 8.78 Å². The third kappa shape index (κ3) is 2.72. The Balaban J connectivity index is 2.17. The van der Waals surface area contributed by atoms with Crippen molar-refractivity contribution in [3.05, 3.63) is 33.8 Å². The molecule has 0 spiro atoms. The van der Waals surface area contributed by atoms with E-state index in [2.05, 4.69) is 15.9 Å². The minimum atomic E-state index is -0.712. The van der Waals surface area contributed by atoms with Gasteiger partial charge in [0.1, 0.15) is 17.7 Å². The van der Waals surface area contributed by atoms with Crippen LogP contribution in [0, 0.1) is 11.6 Å². The highest BCUT2D eigenvalue weighted by Gasteiger charge is 2.25. The highest BCUT2D eigenvalue weighted by atomic mass is 79.9. The van der Waals surface area contributed by atoms with Gasteiger partial charge in [-0.1, -0.05) is 0 Å². The van der Waals surface area contributed by atoms with E-state index in [0.717, 1.165) is 12.5 Å². The topological polar surface area (TPSA) is 26.3 Å². The number of hydrogen-bond acceptors (Lipinski definition) is 2. The maximum Gasteiger partial charge on any atom is 0.166 e. The summed E-state index contributed by atoms with van der Waals surface area (Å²) in [4.78, 5) is 11.8. The Morgan fingerprint density at radius 2 is 2.24 bits per heavy atom. The first-order valence-corrected chi connectivity index (χ1v) is 6.15. The summed E-state index contributed by atoms with van der Waals surface area (Å²) >= 11 is 2.97. The molecular formula is C12H11BrF2O2. The van der Waals surface area contributed by atoms with Gasteiger partial charge < -0.3 is 4.74 Å². The van der Waals surface area contributed by atoms with Gasteiger partial charge in [-0.05, 0) is 40.9 Å². The first-order chi connectivity index (χ1) is 8.09. The van der Waals surface area contributed by atoms with Crippen LogP contribution in [0.2, 0.25) is 0 Å². The summed E-state index contributed by atoms with van der Waals surface area (Å²) in [5.74, 6) is -1.67. The van der Waals surface area contributed by atoms with E-state index in [9.17, 15) is 13.6 Å². The van der Waals surface area contributed by atoms with Crippen molar-refractivity contribution in [2.45, 2.75) is 25.4 Å². The fourth-order valence-corrected chi connectivity index (χ4v) is 2.22. The highest BCUT2D eigenvalue weighted by molar-refractivity contribution is 9.10. The summed E-state index contributed by atoms with van der Waals surface area (Å²) in [7, 11) is 0. The van der Waals surface area contributed by atoms with Gasteiger partial charge >= 0.3 is 0 Å². The van der Waals surface area contributed by atoms with Crippen LogP contribution in [-0.4, -0.2) is 18.5 Å². The zero-order valence-corrected chi connectivity index (χ0v) is 10.6. The van der Waals surface area contributed by atoms with Crippen LogP contribution in [0.5, 0.6) is 0 Å². The Labute approximate surface area is 106 Å². The Kier molecular flexibility index (Phi) is 3.89. The molecule has 2 nitrogen and oxygen atoms in total. The molecule has 1 aromatic carbocycles. The third-order valence-electron chi connectivity index (χ3n) is 2.78. The molecule has 1 aliphatic rings. The Morgan fingerprint density at radius 3 is 2.88 bits per heavy atom. The average molecular weight is 305 g/mol. The molecule has 1 fully saturated rings. The lowest BCUT2D eigenvalue weighted by molar-refractivity contribution is -0.127. The monoisotopic (exact) mass is 304 g/mol. The molecule has 1 unspecified atom stereocenters. The van der Waals surface area contributed by atoms with Gasteiger partial charge in [-0.15, -0.1) is 0 Å². The fraction of sp³-hybridized carbons (Fsp3) is 0.417. The van der Waals surface area contributed by atoms with Gasteiger partial charge in [0, 0.05) is 18.6 Å². The SMILES string of the molecule is O=C(Cc1c(F)ccc(Br)c1F)C1CCCO1. The molecule has 92 valence electrons. The van der Waals surface area contributed by atoms with E-state index in [0.29, 0.717) is 13.0 Å². The number of rotatable bonds is 3. The van der Waals surface area contributed by atoms with E-state index in [1.807, 2.05) is 0 Å². The van der Waals surface area contributed by atoms with Gasteiger partial charge in [0.15, 0.2) is 5.78 Å². The Hall–Kier alpha value is -0.810. The van der Waals surface area contributed by atoms with E-state index in [1.165, 1.54) is 6.07 Å². The van der Waals surface area contributed by atoms with Crippen LogP contribution in [0.15, 0.2) is 16.6 Å². The second kappa shape index (κ2) is 5.23. The van der Waals surface area contributed by atoms with Gasteiger partial charge in [0.25, 0.3) is 0 Å². The van der Waals surface area contributed by atoms with Crippen molar-refractivity contribution in [3.8, 4) is 0 Å². The number of hydrogen-bond donors (Lipinski definition) is 0. The molecule has 0 radical (unpaired) electrons. The van der Waals surface area contributed by atoms with Gasteiger partial charge in [-0.3, -0.25) is 4.79 Å². The van der Waals surface area contributed by atoms with Crippen LogP contribution in [0.3, 0.4) is 0 Å². The van der Waals surface area contributed by atoms with Crippen molar-refractivity contribution < 1.29 is 18.3 Å². The van der Waals surface area contributed by atoms with E-state index >= 15 is 0 Å². The number of halogens is 3. The zero-order chi connectivity index (χ0) is 12.4. The average Bonchev–Trinajstić information content (AvgIpc) is 2.83. The molecule has 2 rings (SSSR count). The lowest BCUT2D eigenvalue weighted by Gasteiger charge is -2.10. The van der Waals surface area contributed by atoms with Crippen molar-refractivity contribution in [1.29, 1.82) is 0 Å². The second-order valence-corrected chi connectivity index (χ2v) is 4.82. The minimum absolute atomic E-state index is 0.161. The molecule has 1 aromatic rings. The van der Waals surface area contributed by atoms with E-state index in [4.69, 9.17) is 4.74 Å². The fourth-order valence-electron chi connectivity index (χ4n) is 1.85. The van der Waals surface area contributed by atoms with Crippen molar-refractivity contribution in [3.63, 3.8) is 0 Å². The lowest BCUT2D eigenvalue weighted by Crippen LogP contribution is -2.22. The van der Waals surface area contributed by atoms with Crippen LogP contribution in [0.25, 0.3) is 0 Å². The Bertz CT molecular complexity index is 442. The molecule has 1 aliphatic heterocycles. The van der Waals surface area contributed by atoms with Gasteiger partial charge in [-0.2, -0.15) is 0 Å². The van der Waals surface area contributed by atoms with Gasteiger partial charge in [0.2, 0.25) is 0 Å². The first-order valence-electron chi connectivity index (χ1n) is 5.36. The van der Waals surface area contributed by atoms with E-state index in [-0.39, 0.29) is 22.2 Å². The predicted octanol–water partition coefficient (Wildman–Crippen LogP) is 3.02. The largest absolute Gasteiger partial charge is 0.370 e. The van der Waals surface area contributed by atoms with Crippen LogP contribution in [0.1, 0.15) is 18.4 Å². The highest BCUT2D eigenvalue weighted by Crippen LogP contribution is 2.23. The molecule has 0 aliphatic carbocycles. The van der Waals surface area contributed by atoms with Crippen LogP contribution < -0.4 is 0 Å². The number of benzene rings is 1. The molecule has 1 saturated heterocycles. The van der Waals surface area contributed by atoms with E-state index in [1.54, 1.807) is 0 Å². The maximum atomic E-state index is 13.6. The summed E-state index contributed by atoms with van der Waals surface area (Å²) in [5.41, 5.74) is -0.195. The van der Waals surface area contributed by atoms with E-state index < -0.39 is 17.7 Å². The molecule has 0 bridgehead atoms. The Morgan fingerprint density at radius 1 is 1.47 bits per heavy atom. The second-order valence-electron chi connectivity index (χ2n) is 3.97. The number of carbonyl (C=O) groups excluding carboxylic acids is 1. The standard InChI is InChI=1S/C12H11BrF2O2/c13-8-3-4-9(14)7(12(8)15)6-10(16)11-2-1-5-17-11/h3-4,11H,1-2,5-6H2. The van der Waals surface area contributed by atoms with Crippen molar-refractivity contribution in [1.82, 2.24) is 0 Å². The summed E-state index contributed by atoms with van der Waals surface area (Å²) < 4.78 is 32.4. The summed E-state index contributed by atoms with van der Waals surface area (Å²) in [5, 5.41) is 0. The van der Waals surface area contributed by atoms with Crippen LogP contribution >= 0.6 is 15.9 Å². The molecule has 1 heterocycles. The van der Waals surface area contributed by atoms with Crippen molar-refractivity contribution >= 4 is 21.7 Å². The number of carbonyl (C=O) groups is 1. The molecule has 1 atom stereocenters. The molecule has 0 N–H and O–H groups in total. The molecule has 5 heteroatoms. The molecular weight excluding hydrogens is 294 g/mol. The number of Topliss-reactive ketones (excluding diaryl/α,β-unsaturated/α-hetero) is 1. The van der Waals surface area contributed by atoms with Crippen molar-refractivity contribution in [2.24, 2.45) is 0 Å². The van der Waals surface area contributed by atoms with Crippen molar-refractivity contribution in [2.75, 3.05) is 6.61 Å². The molecule has 0 amide bonds.